The fourth-order valence-electron chi connectivity index (χ4n) is 2.57. The summed E-state index contributed by atoms with van der Waals surface area (Å²) in [6.45, 7) is 0.158. The van der Waals surface area contributed by atoms with Crippen LogP contribution in [0, 0.1) is 0 Å². The third-order valence-electron chi connectivity index (χ3n) is 3.82. The Morgan fingerprint density at radius 1 is 0.720 bits per heavy atom. The molecule has 3 rings (SSSR count). The van der Waals surface area contributed by atoms with Crippen LogP contribution < -0.4 is 0 Å². The molecule has 0 saturated heterocycles. The minimum absolute atomic E-state index is 0.0959. The van der Waals surface area contributed by atoms with Crippen LogP contribution in [0.4, 0.5) is 0 Å². The van der Waals surface area contributed by atoms with Gasteiger partial charge in [0.15, 0.2) is 0 Å². The summed E-state index contributed by atoms with van der Waals surface area (Å²) in [6.07, 6.45) is -0.299. The fraction of sp³-hybridized carbons (Fsp3) is 0.136. The normalized spacial score (nSPS) is 10.6. The van der Waals surface area contributed by atoms with E-state index in [0.29, 0.717) is 0 Å². The second-order valence-electron chi connectivity index (χ2n) is 5.66. The van der Waals surface area contributed by atoms with Gasteiger partial charge in [-0.25, -0.2) is 4.79 Å². The van der Waals surface area contributed by atoms with Gasteiger partial charge in [0.25, 0.3) is 0 Å². The van der Waals surface area contributed by atoms with E-state index in [9.17, 15) is 4.79 Å². The molecule has 0 aliphatic heterocycles. The van der Waals surface area contributed by atoms with Crippen molar-refractivity contribution in [1.29, 1.82) is 0 Å². The van der Waals surface area contributed by atoms with Crippen LogP contribution in [0.2, 0.25) is 0 Å². The molecule has 0 saturated carbocycles. The van der Waals surface area contributed by atoms with Gasteiger partial charge in [-0.15, -0.1) is 0 Å². The van der Waals surface area contributed by atoms with Gasteiger partial charge in [-0.2, -0.15) is 0 Å². The Hall–Kier alpha value is -2.91. The zero-order valence-electron chi connectivity index (χ0n) is 13.9. The van der Waals surface area contributed by atoms with E-state index < -0.39 is 0 Å². The molecule has 25 heavy (non-hydrogen) atoms. The quantitative estimate of drug-likeness (QED) is 0.596. The molecule has 0 aliphatic carbocycles. The van der Waals surface area contributed by atoms with Crippen molar-refractivity contribution in [2.24, 2.45) is 0 Å². The van der Waals surface area contributed by atoms with Crippen LogP contribution in [0.5, 0.6) is 0 Å². The molecule has 0 radical (unpaired) electrons. The third-order valence-corrected chi connectivity index (χ3v) is 3.82. The van der Waals surface area contributed by atoms with E-state index in [-0.39, 0.29) is 25.3 Å². The van der Waals surface area contributed by atoms with Crippen molar-refractivity contribution in [3.8, 4) is 0 Å². The van der Waals surface area contributed by atoms with Gasteiger partial charge in [-0.1, -0.05) is 91.0 Å². The number of esters is 1. The highest BCUT2D eigenvalue weighted by Crippen LogP contribution is 2.25. The Labute approximate surface area is 147 Å². The van der Waals surface area contributed by atoms with Crippen molar-refractivity contribution in [3.63, 3.8) is 0 Å². The Morgan fingerprint density at radius 2 is 1.20 bits per heavy atom. The summed E-state index contributed by atoms with van der Waals surface area (Å²) in [5.74, 6) is -0.374. The summed E-state index contributed by atoms with van der Waals surface area (Å²) in [4.78, 5) is 12.0. The summed E-state index contributed by atoms with van der Waals surface area (Å²) in [6, 6.07) is 29.3. The van der Waals surface area contributed by atoms with E-state index in [4.69, 9.17) is 9.47 Å². The maximum atomic E-state index is 12.0. The molecule has 0 atom stereocenters. The number of ether oxygens (including phenoxy) is 2. The van der Waals surface area contributed by atoms with Crippen molar-refractivity contribution in [2.75, 3.05) is 6.61 Å². The van der Waals surface area contributed by atoms with Crippen LogP contribution in [-0.4, -0.2) is 12.6 Å². The van der Waals surface area contributed by atoms with Gasteiger partial charge >= 0.3 is 5.97 Å². The fourth-order valence-corrected chi connectivity index (χ4v) is 2.57. The second-order valence-corrected chi connectivity index (χ2v) is 5.66. The van der Waals surface area contributed by atoms with E-state index in [1.807, 2.05) is 91.0 Å². The number of rotatable bonds is 7. The summed E-state index contributed by atoms with van der Waals surface area (Å²) < 4.78 is 11.2. The van der Waals surface area contributed by atoms with Crippen LogP contribution in [0.25, 0.3) is 0 Å². The van der Waals surface area contributed by atoms with Crippen LogP contribution in [0.3, 0.4) is 0 Å². The molecule has 3 nitrogen and oxygen atoms in total. The molecule has 3 heteroatoms. The van der Waals surface area contributed by atoms with Gasteiger partial charge in [0.05, 0.1) is 0 Å². The largest absolute Gasteiger partial charge is 0.459 e. The summed E-state index contributed by atoms with van der Waals surface area (Å²) in [5, 5.41) is 0. The monoisotopic (exact) mass is 332 g/mol. The van der Waals surface area contributed by atoms with Crippen molar-refractivity contribution in [3.05, 3.63) is 108 Å². The number of carbonyl (C=O) groups is 1. The van der Waals surface area contributed by atoms with Crippen molar-refractivity contribution in [1.82, 2.24) is 0 Å². The average Bonchev–Trinajstić information content (AvgIpc) is 2.69. The lowest BCUT2D eigenvalue weighted by atomic mass is 10.0. The first-order valence-corrected chi connectivity index (χ1v) is 8.24. The predicted octanol–water partition coefficient (Wildman–Crippen LogP) is 4.54. The minimum atomic E-state index is -0.374. The van der Waals surface area contributed by atoms with Crippen molar-refractivity contribution < 1.29 is 14.3 Å². The second kappa shape index (κ2) is 8.81. The standard InChI is InChI=1S/C22H20O3/c23-21(24-16-18-10-4-1-5-11-18)17-25-22(19-12-6-2-7-13-19)20-14-8-3-9-15-20/h1-15,22H,16-17H2. The van der Waals surface area contributed by atoms with Gasteiger partial charge in [-0.3, -0.25) is 0 Å². The van der Waals surface area contributed by atoms with Crippen LogP contribution in [0.1, 0.15) is 22.8 Å². The lowest BCUT2D eigenvalue weighted by Gasteiger charge is -2.18. The Balaban J connectivity index is 1.62. The highest BCUT2D eigenvalue weighted by atomic mass is 16.6. The SMILES string of the molecule is O=C(COC(c1ccccc1)c1ccccc1)OCc1ccccc1. The van der Waals surface area contributed by atoms with E-state index in [0.717, 1.165) is 16.7 Å². The number of carbonyl (C=O) groups excluding carboxylic acids is 1. The van der Waals surface area contributed by atoms with Gasteiger partial charge < -0.3 is 9.47 Å². The molecular formula is C22H20O3. The molecule has 0 aromatic heterocycles. The molecule has 0 fully saturated rings. The molecule has 0 aliphatic rings. The highest BCUT2D eigenvalue weighted by Gasteiger charge is 2.16. The van der Waals surface area contributed by atoms with Gasteiger partial charge in [0.1, 0.15) is 19.3 Å². The first-order valence-electron chi connectivity index (χ1n) is 8.24. The van der Waals surface area contributed by atoms with Crippen LogP contribution in [0.15, 0.2) is 91.0 Å². The maximum absolute atomic E-state index is 12.0. The molecule has 0 heterocycles. The topological polar surface area (TPSA) is 35.5 Å². The van der Waals surface area contributed by atoms with Crippen LogP contribution in [-0.2, 0) is 20.9 Å². The number of hydrogen-bond acceptors (Lipinski definition) is 3. The van der Waals surface area contributed by atoms with Gasteiger partial charge in [-0.05, 0) is 16.7 Å². The molecular weight excluding hydrogens is 312 g/mol. The minimum Gasteiger partial charge on any atom is -0.459 e. The zero-order valence-corrected chi connectivity index (χ0v) is 13.9. The molecule has 0 bridgehead atoms. The van der Waals surface area contributed by atoms with E-state index in [1.165, 1.54) is 0 Å². The van der Waals surface area contributed by atoms with Crippen molar-refractivity contribution in [2.45, 2.75) is 12.7 Å². The Kier molecular flexibility index (Phi) is 5.96. The molecule has 0 amide bonds. The highest BCUT2D eigenvalue weighted by molar-refractivity contribution is 5.70. The lowest BCUT2D eigenvalue weighted by Crippen LogP contribution is -2.16. The van der Waals surface area contributed by atoms with Crippen molar-refractivity contribution >= 4 is 5.97 Å². The Bertz CT molecular complexity index is 731. The molecule has 0 unspecified atom stereocenters. The lowest BCUT2D eigenvalue weighted by molar-refractivity contribution is -0.151. The molecule has 0 N–H and O–H groups in total. The van der Waals surface area contributed by atoms with E-state index in [1.54, 1.807) is 0 Å². The third kappa shape index (κ3) is 5.03. The number of benzene rings is 3. The van der Waals surface area contributed by atoms with Crippen LogP contribution >= 0.6 is 0 Å². The predicted molar refractivity (Wildman–Crippen MR) is 96.9 cm³/mol. The first-order chi connectivity index (χ1) is 12.3. The van der Waals surface area contributed by atoms with Gasteiger partial charge in [0.2, 0.25) is 0 Å². The molecule has 126 valence electrons. The van der Waals surface area contributed by atoms with E-state index >= 15 is 0 Å². The molecule has 3 aromatic carbocycles. The maximum Gasteiger partial charge on any atom is 0.332 e. The average molecular weight is 332 g/mol. The number of hydrogen-bond donors (Lipinski definition) is 0. The first kappa shape index (κ1) is 16.9. The van der Waals surface area contributed by atoms with E-state index in [2.05, 4.69) is 0 Å². The zero-order chi connectivity index (χ0) is 17.3. The van der Waals surface area contributed by atoms with Gasteiger partial charge in [0, 0.05) is 0 Å². The molecule has 0 spiro atoms. The smallest absolute Gasteiger partial charge is 0.332 e. The summed E-state index contributed by atoms with van der Waals surface area (Å²) >= 11 is 0. The summed E-state index contributed by atoms with van der Waals surface area (Å²) in [7, 11) is 0. The summed E-state index contributed by atoms with van der Waals surface area (Å²) in [5.41, 5.74) is 2.97. The molecule has 3 aromatic rings. The Morgan fingerprint density at radius 3 is 1.72 bits per heavy atom.